The highest BCUT2D eigenvalue weighted by Gasteiger charge is 2.25. The number of hydrogen-bond donors (Lipinski definition) is 0. The molecular formula is C26H22Cl2N4O. The number of nitrogens with zero attached hydrogens (tertiary/aromatic N) is 4. The zero-order chi connectivity index (χ0) is 22.8. The summed E-state index contributed by atoms with van der Waals surface area (Å²) in [5, 5.41) is 2.09. The van der Waals surface area contributed by atoms with E-state index in [1.807, 2.05) is 53.4 Å². The highest BCUT2D eigenvalue weighted by Crippen LogP contribution is 2.28. The zero-order valence-electron chi connectivity index (χ0n) is 17.9. The van der Waals surface area contributed by atoms with Gasteiger partial charge in [0, 0.05) is 43.0 Å². The van der Waals surface area contributed by atoms with E-state index < -0.39 is 0 Å². The molecule has 0 bridgehead atoms. The molecule has 33 heavy (non-hydrogen) atoms. The SMILES string of the molecule is O=C(c1ccccc1Cl)N1CCN(c2nc(Cc3ccccc3)nc3cc(Cl)ccc23)CC1. The lowest BCUT2D eigenvalue weighted by Gasteiger charge is -2.36. The fourth-order valence-corrected chi connectivity index (χ4v) is 4.54. The van der Waals surface area contributed by atoms with Crippen molar-refractivity contribution >= 4 is 45.8 Å². The number of hydrogen-bond acceptors (Lipinski definition) is 4. The minimum atomic E-state index is -0.0376. The largest absolute Gasteiger partial charge is 0.352 e. The molecule has 5 nitrogen and oxygen atoms in total. The number of carbonyl (C=O) groups is 1. The molecular weight excluding hydrogens is 455 g/mol. The first-order valence-corrected chi connectivity index (χ1v) is 11.6. The van der Waals surface area contributed by atoms with Crippen LogP contribution in [-0.2, 0) is 6.42 Å². The summed E-state index contributed by atoms with van der Waals surface area (Å²) in [7, 11) is 0. The van der Waals surface area contributed by atoms with Crippen molar-refractivity contribution < 1.29 is 4.79 Å². The van der Waals surface area contributed by atoms with E-state index in [2.05, 4.69) is 17.0 Å². The Morgan fingerprint density at radius 2 is 1.58 bits per heavy atom. The number of anilines is 1. The number of rotatable bonds is 4. The normalized spacial score (nSPS) is 14.0. The third-order valence-corrected chi connectivity index (χ3v) is 6.43. The molecule has 0 radical (unpaired) electrons. The summed E-state index contributed by atoms with van der Waals surface area (Å²) >= 11 is 12.5. The van der Waals surface area contributed by atoms with E-state index in [1.54, 1.807) is 12.1 Å². The van der Waals surface area contributed by atoms with Crippen LogP contribution >= 0.6 is 23.2 Å². The van der Waals surface area contributed by atoms with Crippen molar-refractivity contribution in [1.82, 2.24) is 14.9 Å². The molecule has 0 aliphatic carbocycles. The van der Waals surface area contributed by atoms with Crippen LogP contribution in [0.5, 0.6) is 0 Å². The third-order valence-electron chi connectivity index (χ3n) is 5.86. The third kappa shape index (κ3) is 4.65. The number of halogens is 2. The molecule has 1 aromatic heterocycles. The van der Waals surface area contributed by atoms with E-state index in [1.165, 1.54) is 0 Å². The number of amides is 1. The first-order valence-electron chi connectivity index (χ1n) is 10.9. The molecule has 2 heterocycles. The molecule has 166 valence electrons. The Bertz CT molecular complexity index is 1300. The number of fused-ring (bicyclic) bond motifs is 1. The monoisotopic (exact) mass is 476 g/mol. The van der Waals surface area contributed by atoms with Gasteiger partial charge in [-0.1, -0.05) is 65.7 Å². The van der Waals surface area contributed by atoms with Gasteiger partial charge >= 0.3 is 0 Å². The van der Waals surface area contributed by atoms with E-state index in [0.29, 0.717) is 48.2 Å². The van der Waals surface area contributed by atoms with E-state index in [4.69, 9.17) is 33.2 Å². The summed E-state index contributed by atoms with van der Waals surface area (Å²) in [4.78, 5) is 26.7. The number of benzene rings is 3. The van der Waals surface area contributed by atoms with Gasteiger partial charge in [-0.15, -0.1) is 0 Å². The average molecular weight is 477 g/mol. The number of piperazine rings is 1. The van der Waals surface area contributed by atoms with Crippen molar-refractivity contribution in [3.8, 4) is 0 Å². The minimum Gasteiger partial charge on any atom is -0.352 e. The van der Waals surface area contributed by atoms with Gasteiger partial charge in [-0.2, -0.15) is 0 Å². The van der Waals surface area contributed by atoms with Crippen LogP contribution in [0.15, 0.2) is 72.8 Å². The Balaban J connectivity index is 1.41. The minimum absolute atomic E-state index is 0.0376. The molecule has 7 heteroatoms. The van der Waals surface area contributed by atoms with Crippen molar-refractivity contribution in [2.75, 3.05) is 31.1 Å². The average Bonchev–Trinajstić information content (AvgIpc) is 2.84. The summed E-state index contributed by atoms with van der Waals surface area (Å²) in [5.41, 5.74) is 2.52. The molecule has 1 amide bonds. The molecule has 0 unspecified atom stereocenters. The summed E-state index contributed by atoms with van der Waals surface area (Å²) < 4.78 is 0. The van der Waals surface area contributed by atoms with E-state index in [0.717, 1.165) is 28.1 Å². The second-order valence-electron chi connectivity index (χ2n) is 8.05. The van der Waals surface area contributed by atoms with Crippen LogP contribution < -0.4 is 4.90 Å². The molecule has 4 aromatic rings. The molecule has 0 atom stereocenters. The highest BCUT2D eigenvalue weighted by atomic mass is 35.5. The maximum Gasteiger partial charge on any atom is 0.255 e. The standard InChI is InChI=1S/C26H22Cl2N4O/c27-19-10-11-21-23(17-19)29-24(16-18-6-2-1-3-7-18)30-25(21)31-12-14-32(15-13-31)26(33)20-8-4-5-9-22(20)28/h1-11,17H,12-16H2. The van der Waals surface area contributed by atoms with Crippen LogP contribution in [-0.4, -0.2) is 47.0 Å². The van der Waals surface area contributed by atoms with Gasteiger partial charge < -0.3 is 9.80 Å². The molecule has 3 aromatic carbocycles. The van der Waals surface area contributed by atoms with Crippen LogP contribution in [0.3, 0.4) is 0 Å². The van der Waals surface area contributed by atoms with Crippen LogP contribution in [0, 0.1) is 0 Å². The lowest BCUT2D eigenvalue weighted by Crippen LogP contribution is -2.49. The first-order chi connectivity index (χ1) is 16.1. The van der Waals surface area contributed by atoms with Gasteiger partial charge in [0.25, 0.3) is 5.91 Å². The molecule has 1 aliphatic heterocycles. The second kappa shape index (κ2) is 9.38. The predicted molar refractivity (Wildman–Crippen MR) is 133 cm³/mol. The predicted octanol–water partition coefficient (Wildman–Crippen LogP) is 5.49. The Morgan fingerprint density at radius 3 is 2.33 bits per heavy atom. The van der Waals surface area contributed by atoms with Crippen molar-refractivity contribution in [3.05, 3.63) is 99.8 Å². The number of carbonyl (C=O) groups excluding carboxylic acids is 1. The van der Waals surface area contributed by atoms with E-state index >= 15 is 0 Å². The Morgan fingerprint density at radius 1 is 0.848 bits per heavy atom. The van der Waals surface area contributed by atoms with Crippen LogP contribution in [0.1, 0.15) is 21.7 Å². The van der Waals surface area contributed by atoms with Gasteiger partial charge in [-0.05, 0) is 35.9 Å². The number of aromatic nitrogens is 2. The Kier molecular flexibility index (Phi) is 6.16. The summed E-state index contributed by atoms with van der Waals surface area (Å²) in [6.07, 6.45) is 0.640. The second-order valence-corrected chi connectivity index (χ2v) is 8.89. The quantitative estimate of drug-likeness (QED) is 0.390. The zero-order valence-corrected chi connectivity index (χ0v) is 19.4. The fraction of sp³-hybridized carbons (Fsp3) is 0.192. The topological polar surface area (TPSA) is 49.3 Å². The first kappa shape index (κ1) is 21.7. The summed E-state index contributed by atoms with van der Waals surface area (Å²) in [5.74, 6) is 1.59. The van der Waals surface area contributed by atoms with Crippen LogP contribution in [0.2, 0.25) is 10.0 Å². The molecule has 0 spiro atoms. The maximum atomic E-state index is 13.0. The molecule has 0 saturated carbocycles. The molecule has 1 saturated heterocycles. The molecule has 1 fully saturated rings. The van der Waals surface area contributed by atoms with Gasteiger partial charge in [-0.3, -0.25) is 4.79 Å². The molecule has 0 N–H and O–H groups in total. The van der Waals surface area contributed by atoms with E-state index in [9.17, 15) is 4.79 Å². The lowest BCUT2D eigenvalue weighted by atomic mass is 10.1. The molecule has 5 rings (SSSR count). The smallest absolute Gasteiger partial charge is 0.255 e. The Labute approximate surface area is 202 Å². The Hall–Kier alpha value is -3.15. The van der Waals surface area contributed by atoms with Gasteiger partial charge in [-0.25, -0.2) is 9.97 Å². The van der Waals surface area contributed by atoms with Crippen LogP contribution in [0.25, 0.3) is 10.9 Å². The van der Waals surface area contributed by atoms with Gasteiger partial charge in [0.2, 0.25) is 0 Å². The van der Waals surface area contributed by atoms with Crippen molar-refractivity contribution in [3.63, 3.8) is 0 Å². The van der Waals surface area contributed by atoms with Crippen molar-refractivity contribution in [2.45, 2.75) is 6.42 Å². The molecule has 1 aliphatic rings. The van der Waals surface area contributed by atoms with Gasteiger partial charge in [0.15, 0.2) is 0 Å². The van der Waals surface area contributed by atoms with Gasteiger partial charge in [0.05, 0.1) is 16.1 Å². The van der Waals surface area contributed by atoms with Crippen molar-refractivity contribution in [2.24, 2.45) is 0 Å². The maximum absolute atomic E-state index is 13.0. The van der Waals surface area contributed by atoms with Gasteiger partial charge in [0.1, 0.15) is 11.6 Å². The van der Waals surface area contributed by atoms with Crippen molar-refractivity contribution in [1.29, 1.82) is 0 Å². The fourth-order valence-electron chi connectivity index (χ4n) is 4.16. The lowest BCUT2D eigenvalue weighted by molar-refractivity contribution is 0.0747. The van der Waals surface area contributed by atoms with Crippen LogP contribution in [0.4, 0.5) is 5.82 Å². The highest BCUT2D eigenvalue weighted by molar-refractivity contribution is 6.33. The summed E-state index contributed by atoms with van der Waals surface area (Å²) in [6, 6.07) is 23.1. The van der Waals surface area contributed by atoms with E-state index in [-0.39, 0.29) is 5.91 Å². The summed E-state index contributed by atoms with van der Waals surface area (Å²) in [6.45, 7) is 2.54.